The van der Waals surface area contributed by atoms with Crippen LogP contribution in [-0.2, 0) is 13.0 Å². The Hall–Kier alpha value is -1.06. The first-order valence-corrected chi connectivity index (χ1v) is 6.82. The van der Waals surface area contributed by atoms with Crippen LogP contribution in [0.5, 0.6) is 0 Å². The highest BCUT2D eigenvalue weighted by Crippen LogP contribution is 2.21. The van der Waals surface area contributed by atoms with E-state index in [1.807, 2.05) is 31.3 Å². The predicted octanol–water partition coefficient (Wildman–Crippen LogP) is 4.28. The van der Waals surface area contributed by atoms with Gasteiger partial charge in [-0.15, -0.1) is 11.3 Å². The Morgan fingerprint density at radius 3 is 2.88 bits per heavy atom. The molecule has 0 radical (unpaired) electrons. The number of rotatable bonds is 4. The molecule has 0 atom stereocenters. The zero-order valence-electron chi connectivity index (χ0n) is 9.96. The van der Waals surface area contributed by atoms with Crippen molar-refractivity contribution in [3.05, 3.63) is 44.9 Å². The van der Waals surface area contributed by atoms with E-state index in [0.29, 0.717) is 0 Å². The molecule has 2 rings (SSSR count). The normalized spacial score (nSPS) is 10.5. The zero-order valence-corrected chi connectivity index (χ0v) is 11.5. The molecule has 4 heteroatoms. The molecule has 1 heterocycles. The van der Waals surface area contributed by atoms with Crippen LogP contribution in [0.15, 0.2) is 24.4 Å². The van der Waals surface area contributed by atoms with E-state index in [4.69, 9.17) is 11.6 Å². The van der Waals surface area contributed by atoms with Gasteiger partial charge in [0.1, 0.15) is 0 Å². The lowest BCUT2D eigenvalue weighted by Gasteiger charge is -2.06. The molecule has 0 aliphatic rings. The van der Waals surface area contributed by atoms with Gasteiger partial charge in [-0.05, 0) is 31.0 Å². The molecule has 17 heavy (non-hydrogen) atoms. The van der Waals surface area contributed by atoms with Crippen LogP contribution in [0, 0.1) is 6.92 Å². The first-order chi connectivity index (χ1) is 8.19. The van der Waals surface area contributed by atoms with Crippen LogP contribution in [0.25, 0.3) is 0 Å². The van der Waals surface area contributed by atoms with E-state index in [9.17, 15) is 0 Å². The highest BCUT2D eigenvalue weighted by Gasteiger charge is 2.01. The molecule has 0 unspecified atom stereocenters. The smallest absolute Gasteiger partial charge is 0.0925 e. The predicted molar refractivity (Wildman–Crippen MR) is 75.0 cm³/mol. The van der Waals surface area contributed by atoms with Crippen LogP contribution in [0.1, 0.15) is 22.4 Å². The summed E-state index contributed by atoms with van der Waals surface area (Å²) in [6.45, 7) is 4.93. The molecule has 0 amide bonds. The van der Waals surface area contributed by atoms with Crippen molar-refractivity contribution in [3.8, 4) is 0 Å². The molecule has 2 nitrogen and oxygen atoms in total. The number of thiazole rings is 1. The Morgan fingerprint density at radius 2 is 2.24 bits per heavy atom. The fourth-order valence-electron chi connectivity index (χ4n) is 1.49. The molecule has 1 aromatic heterocycles. The number of nitrogens with one attached hydrogen (secondary N) is 1. The van der Waals surface area contributed by atoms with Gasteiger partial charge in [-0.1, -0.05) is 24.6 Å². The number of anilines is 1. The van der Waals surface area contributed by atoms with Crippen LogP contribution in [0.3, 0.4) is 0 Å². The zero-order chi connectivity index (χ0) is 12.3. The minimum absolute atomic E-state index is 0.800. The lowest BCUT2D eigenvalue weighted by atomic mass is 10.2. The maximum Gasteiger partial charge on any atom is 0.0925 e. The van der Waals surface area contributed by atoms with E-state index < -0.39 is 0 Å². The number of halogens is 1. The third kappa shape index (κ3) is 3.20. The lowest BCUT2D eigenvalue weighted by Crippen LogP contribution is -1.97. The summed E-state index contributed by atoms with van der Waals surface area (Å²) in [7, 11) is 0. The van der Waals surface area contributed by atoms with E-state index in [1.165, 1.54) is 9.88 Å². The Balaban J connectivity index is 1.99. The summed E-state index contributed by atoms with van der Waals surface area (Å²) in [6, 6.07) is 6.02. The highest BCUT2D eigenvalue weighted by molar-refractivity contribution is 7.11. The van der Waals surface area contributed by atoms with Crippen molar-refractivity contribution in [2.45, 2.75) is 26.8 Å². The second-order valence-electron chi connectivity index (χ2n) is 3.89. The minimum Gasteiger partial charge on any atom is -0.380 e. The van der Waals surface area contributed by atoms with E-state index in [0.717, 1.165) is 29.2 Å². The van der Waals surface area contributed by atoms with Gasteiger partial charge in [0.2, 0.25) is 0 Å². The molecule has 2 aromatic rings. The number of aromatic nitrogens is 1. The Bertz CT molecular complexity index is 508. The first-order valence-electron chi connectivity index (χ1n) is 5.62. The number of hydrogen-bond donors (Lipinski definition) is 1. The van der Waals surface area contributed by atoms with Gasteiger partial charge >= 0.3 is 0 Å². The lowest BCUT2D eigenvalue weighted by molar-refractivity contribution is 1.09. The molecular weight excluding hydrogens is 252 g/mol. The number of nitrogens with zero attached hydrogens (tertiary/aromatic N) is 1. The summed E-state index contributed by atoms with van der Waals surface area (Å²) in [5.74, 6) is 0. The van der Waals surface area contributed by atoms with Crippen molar-refractivity contribution < 1.29 is 0 Å². The van der Waals surface area contributed by atoms with Crippen LogP contribution >= 0.6 is 22.9 Å². The van der Waals surface area contributed by atoms with Crippen molar-refractivity contribution in [3.63, 3.8) is 0 Å². The monoisotopic (exact) mass is 266 g/mol. The molecule has 1 aromatic carbocycles. The Kier molecular flexibility index (Phi) is 4.02. The van der Waals surface area contributed by atoms with Crippen molar-refractivity contribution in [2.75, 3.05) is 5.32 Å². The SMILES string of the molecule is CCc1ncc(CNc2ccc(C)c(Cl)c2)s1. The highest BCUT2D eigenvalue weighted by atomic mass is 35.5. The fourth-order valence-corrected chi connectivity index (χ4v) is 2.47. The topological polar surface area (TPSA) is 24.9 Å². The first kappa shape index (κ1) is 12.4. The van der Waals surface area contributed by atoms with Crippen LogP contribution in [0.2, 0.25) is 5.02 Å². The van der Waals surface area contributed by atoms with Gasteiger partial charge in [-0.25, -0.2) is 4.98 Å². The molecular formula is C13H15ClN2S. The van der Waals surface area contributed by atoms with E-state index >= 15 is 0 Å². The molecule has 0 aliphatic heterocycles. The molecule has 0 spiro atoms. The maximum atomic E-state index is 6.07. The molecule has 1 N–H and O–H groups in total. The minimum atomic E-state index is 0.800. The number of hydrogen-bond acceptors (Lipinski definition) is 3. The molecule has 0 saturated heterocycles. The summed E-state index contributed by atoms with van der Waals surface area (Å²) in [4.78, 5) is 5.58. The quantitative estimate of drug-likeness (QED) is 0.893. The fraction of sp³-hybridized carbons (Fsp3) is 0.308. The molecule has 0 bridgehead atoms. The summed E-state index contributed by atoms with van der Waals surface area (Å²) in [5, 5.41) is 5.34. The molecule has 0 fully saturated rings. The van der Waals surface area contributed by atoms with Crippen LogP contribution < -0.4 is 5.32 Å². The second-order valence-corrected chi connectivity index (χ2v) is 5.50. The maximum absolute atomic E-state index is 6.07. The van der Waals surface area contributed by atoms with E-state index in [2.05, 4.69) is 17.2 Å². The van der Waals surface area contributed by atoms with Gasteiger partial charge in [0.25, 0.3) is 0 Å². The van der Waals surface area contributed by atoms with Gasteiger partial charge in [-0.2, -0.15) is 0 Å². The van der Waals surface area contributed by atoms with Gasteiger partial charge in [0.05, 0.1) is 11.6 Å². The van der Waals surface area contributed by atoms with Crippen molar-refractivity contribution in [1.82, 2.24) is 4.98 Å². The Labute approximate surface area is 111 Å². The number of aryl methyl sites for hydroxylation is 2. The van der Waals surface area contributed by atoms with Crippen LogP contribution in [-0.4, -0.2) is 4.98 Å². The van der Waals surface area contributed by atoms with Gasteiger partial charge in [0, 0.05) is 21.8 Å². The third-order valence-electron chi connectivity index (χ3n) is 2.54. The summed E-state index contributed by atoms with van der Waals surface area (Å²) < 4.78 is 0. The molecule has 0 saturated carbocycles. The summed E-state index contributed by atoms with van der Waals surface area (Å²) in [6.07, 6.45) is 2.94. The van der Waals surface area contributed by atoms with Crippen molar-refractivity contribution in [1.29, 1.82) is 0 Å². The third-order valence-corrected chi connectivity index (χ3v) is 4.09. The second kappa shape index (κ2) is 5.52. The van der Waals surface area contributed by atoms with E-state index in [1.54, 1.807) is 11.3 Å². The van der Waals surface area contributed by atoms with Gasteiger partial charge < -0.3 is 5.32 Å². The number of benzene rings is 1. The van der Waals surface area contributed by atoms with E-state index in [-0.39, 0.29) is 0 Å². The van der Waals surface area contributed by atoms with Gasteiger partial charge in [-0.3, -0.25) is 0 Å². The average Bonchev–Trinajstić information content (AvgIpc) is 2.79. The molecule has 90 valence electrons. The standard InChI is InChI=1S/C13H15ClN2S/c1-3-13-16-8-11(17-13)7-15-10-5-4-9(2)12(14)6-10/h4-6,8,15H,3,7H2,1-2H3. The van der Waals surface area contributed by atoms with Crippen molar-refractivity contribution in [2.24, 2.45) is 0 Å². The summed E-state index contributed by atoms with van der Waals surface area (Å²) >= 11 is 7.83. The largest absolute Gasteiger partial charge is 0.380 e. The van der Waals surface area contributed by atoms with Crippen molar-refractivity contribution >= 4 is 28.6 Å². The summed E-state index contributed by atoms with van der Waals surface area (Å²) in [5.41, 5.74) is 2.15. The van der Waals surface area contributed by atoms with Crippen LogP contribution in [0.4, 0.5) is 5.69 Å². The Morgan fingerprint density at radius 1 is 1.41 bits per heavy atom. The average molecular weight is 267 g/mol. The molecule has 0 aliphatic carbocycles. The van der Waals surface area contributed by atoms with Gasteiger partial charge in [0.15, 0.2) is 0 Å².